The second-order valence-electron chi connectivity index (χ2n) is 8.12. The number of hydrogen-bond donors (Lipinski definition) is 1. The van der Waals surface area contributed by atoms with Gasteiger partial charge in [-0.1, -0.05) is 41.9 Å². The average molecular weight is 410 g/mol. The molecule has 1 saturated heterocycles. The topological polar surface area (TPSA) is 37.3 Å². The molecule has 0 saturated carbocycles. The van der Waals surface area contributed by atoms with Crippen molar-refractivity contribution in [2.45, 2.75) is 32.4 Å². The third-order valence-corrected chi connectivity index (χ3v) is 6.28. The number of nitrogens with zero attached hydrogens (tertiary/aromatic N) is 2. The van der Waals surface area contributed by atoms with Gasteiger partial charge in [0.15, 0.2) is 0 Å². The van der Waals surface area contributed by atoms with E-state index in [2.05, 4.69) is 52.3 Å². The molecule has 5 heteroatoms. The van der Waals surface area contributed by atoms with Crippen molar-refractivity contribution in [2.24, 2.45) is 13.0 Å². The number of likely N-dealkylation sites (tertiary alicyclic amines) is 1. The van der Waals surface area contributed by atoms with Crippen molar-refractivity contribution in [2.75, 3.05) is 13.1 Å². The predicted molar refractivity (Wildman–Crippen MR) is 119 cm³/mol. The third-order valence-electron chi connectivity index (χ3n) is 6.04. The first-order valence-electron chi connectivity index (χ1n) is 10.3. The fraction of sp³-hybridized carbons (Fsp3) is 0.375. The molecule has 1 aliphatic rings. The van der Waals surface area contributed by atoms with E-state index < -0.39 is 0 Å². The zero-order valence-electron chi connectivity index (χ0n) is 17.1. The van der Waals surface area contributed by atoms with Crippen LogP contribution in [0.15, 0.2) is 54.7 Å². The molecule has 0 radical (unpaired) electrons. The Morgan fingerprint density at radius 1 is 1.17 bits per heavy atom. The van der Waals surface area contributed by atoms with Crippen LogP contribution in [0.5, 0.6) is 0 Å². The highest BCUT2D eigenvalue weighted by Crippen LogP contribution is 2.27. The summed E-state index contributed by atoms with van der Waals surface area (Å²) < 4.78 is 2.16. The number of aromatic nitrogens is 1. The summed E-state index contributed by atoms with van der Waals surface area (Å²) in [6.07, 6.45) is 4.00. The second kappa shape index (κ2) is 8.60. The summed E-state index contributed by atoms with van der Waals surface area (Å²) >= 11 is 6.22. The lowest BCUT2D eigenvalue weighted by Gasteiger charge is -2.31. The second-order valence-corrected chi connectivity index (χ2v) is 8.55. The highest BCUT2D eigenvalue weighted by Gasteiger charge is 2.26. The number of carbonyl (C=O) groups is 1. The van der Waals surface area contributed by atoms with Gasteiger partial charge in [-0.2, -0.15) is 0 Å². The largest absolute Gasteiger partial charge is 0.350 e. The van der Waals surface area contributed by atoms with Gasteiger partial charge in [-0.05, 0) is 62.2 Å². The van der Waals surface area contributed by atoms with Crippen LogP contribution in [0, 0.1) is 5.92 Å². The smallest absolute Gasteiger partial charge is 0.223 e. The van der Waals surface area contributed by atoms with Crippen LogP contribution in [0.2, 0.25) is 5.02 Å². The molecule has 4 rings (SSSR count). The Labute approximate surface area is 177 Å². The summed E-state index contributed by atoms with van der Waals surface area (Å²) in [4.78, 5) is 15.2. The quantitative estimate of drug-likeness (QED) is 0.649. The van der Waals surface area contributed by atoms with Gasteiger partial charge in [-0.15, -0.1) is 0 Å². The van der Waals surface area contributed by atoms with Gasteiger partial charge in [-0.3, -0.25) is 9.69 Å². The van der Waals surface area contributed by atoms with Crippen LogP contribution >= 0.6 is 11.6 Å². The first kappa shape index (κ1) is 20.0. The average Bonchev–Trinajstić information content (AvgIpc) is 3.03. The first-order chi connectivity index (χ1) is 14.0. The molecule has 1 N–H and O–H groups in total. The molecule has 29 heavy (non-hydrogen) atoms. The molecule has 2 aromatic carbocycles. The summed E-state index contributed by atoms with van der Waals surface area (Å²) in [6.45, 7) is 4.82. The number of benzene rings is 2. The highest BCUT2D eigenvalue weighted by atomic mass is 35.5. The Balaban J connectivity index is 1.34. The molecule has 0 aliphatic carbocycles. The maximum absolute atomic E-state index is 12.7. The minimum Gasteiger partial charge on any atom is -0.350 e. The van der Waals surface area contributed by atoms with Crippen molar-refractivity contribution in [3.63, 3.8) is 0 Å². The molecule has 1 aliphatic heterocycles. The Morgan fingerprint density at radius 3 is 2.62 bits per heavy atom. The number of aryl methyl sites for hydroxylation is 1. The fourth-order valence-corrected chi connectivity index (χ4v) is 4.49. The van der Waals surface area contributed by atoms with E-state index in [1.54, 1.807) is 0 Å². The standard InChI is InChI=1S/C24H28ClN3O/c1-17(18-6-4-3-5-7-18)26-24(29)19-10-12-28(13-11-19)16-20-15-27(2)23-9-8-21(25)14-22(20)23/h3-9,14-15,17,19H,10-13,16H2,1-2H3,(H,26,29)/t17-/m0/s1. The first-order valence-corrected chi connectivity index (χ1v) is 10.7. The molecule has 2 heterocycles. The van der Waals surface area contributed by atoms with Crippen molar-refractivity contribution in [3.8, 4) is 0 Å². The van der Waals surface area contributed by atoms with Gasteiger partial charge in [0.2, 0.25) is 5.91 Å². The Kier molecular flexibility index (Phi) is 5.93. The predicted octanol–water partition coefficient (Wildman–Crippen LogP) is 4.92. The summed E-state index contributed by atoms with van der Waals surface area (Å²) in [6, 6.07) is 16.2. The Hall–Kier alpha value is -2.30. The molecule has 4 nitrogen and oxygen atoms in total. The van der Waals surface area contributed by atoms with Crippen molar-refractivity contribution >= 4 is 28.4 Å². The van der Waals surface area contributed by atoms with E-state index in [9.17, 15) is 4.79 Å². The van der Waals surface area contributed by atoms with E-state index >= 15 is 0 Å². The molecule has 0 unspecified atom stereocenters. The van der Waals surface area contributed by atoms with Crippen molar-refractivity contribution in [1.82, 2.24) is 14.8 Å². The lowest BCUT2D eigenvalue weighted by Crippen LogP contribution is -2.40. The van der Waals surface area contributed by atoms with E-state index in [1.165, 1.54) is 16.5 Å². The highest BCUT2D eigenvalue weighted by molar-refractivity contribution is 6.31. The molecule has 1 atom stereocenters. The van der Waals surface area contributed by atoms with Crippen molar-refractivity contribution < 1.29 is 4.79 Å². The van der Waals surface area contributed by atoms with Gasteiger partial charge >= 0.3 is 0 Å². The minimum atomic E-state index is 0.0437. The third kappa shape index (κ3) is 4.49. The van der Waals surface area contributed by atoms with Gasteiger partial charge in [0.25, 0.3) is 0 Å². The molecule has 3 aromatic rings. The van der Waals surface area contributed by atoms with Crippen LogP contribution in [0.1, 0.15) is 36.9 Å². The van der Waals surface area contributed by atoms with Crippen LogP contribution in [-0.2, 0) is 18.4 Å². The lowest BCUT2D eigenvalue weighted by atomic mass is 9.95. The van der Waals surface area contributed by atoms with Gasteiger partial charge in [-0.25, -0.2) is 0 Å². The molecule has 1 aromatic heterocycles. The van der Waals surface area contributed by atoms with Gasteiger partial charge in [0.1, 0.15) is 0 Å². The van der Waals surface area contributed by atoms with E-state index in [4.69, 9.17) is 11.6 Å². The van der Waals surface area contributed by atoms with Crippen LogP contribution in [0.4, 0.5) is 0 Å². The number of fused-ring (bicyclic) bond motifs is 1. The van der Waals surface area contributed by atoms with Crippen LogP contribution in [0.3, 0.4) is 0 Å². The number of nitrogens with one attached hydrogen (secondary N) is 1. The number of halogens is 1. The van der Waals surface area contributed by atoms with Crippen LogP contribution in [-0.4, -0.2) is 28.5 Å². The molecular formula is C24H28ClN3O. The number of carbonyl (C=O) groups excluding carboxylic acids is 1. The summed E-state index contributed by atoms with van der Waals surface area (Å²) in [7, 11) is 2.07. The normalized spacial score (nSPS) is 16.8. The fourth-order valence-electron chi connectivity index (χ4n) is 4.32. The van der Waals surface area contributed by atoms with Crippen molar-refractivity contribution in [1.29, 1.82) is 0 Å². The summed E-state index contributed by atoms with van der Waals surface area (Å²) in [5.74, 6) is 0.275. The summed E-state index contributed by atoms with van der Waals surface area (Å²) in [5.41, 5.74) is 3.65. The van der Waals surface area contributed by atoms with E-state index in [0.717, 1.165) is 43.1 Å². The maximum atomic E-state index is 12.7. The molecule has 0 bridgehead atoms. The minimum absolute atomic E-state index is 0.0437. The van der Waals surface area contributed by atoms with E-state index in [-0.39, 0.29) is 17.9 Å². The number of amides is 1. The molecule has 152 valence electrons. The number of hydrogen-bond acceptors (Lipinski definition) is 2. The zero-order valence-corrected chi connectivity index (χ0v) is 17.8. The summed E-state index contributed by atoms with van der Waals surface area (Å²) in [5, 5.41) is 5.18. The molecule has 1 fully saturated rings. The molecule has 0 spiro atoms. The van der Waals surface area contributed by atoms with E-state index in [1.807, 2.05) is 31.2 Å². The monoisotopic (exact) mass is 409 g/mol. The number of rotatable bonds is 5. The SMILES string of the molecule is C[C@H](NC(=O)C1CCN(Cc2cn(C)c3ccc(Cl)cc23)CC1)c1ccccc1. The zero-order chi connectivity index (χ0) is 20.4. The van der Waals surface area contributed by atoms with Gasteiger partial charge in [0, 0.05) is 41.6 Å². The van der Waals surface area contributed by atoms with Crippen molar-refractivity contribution in [3.05, 3.63) is 70.9 Å². The maximum Gasteiger partial charge on any atom is 0.223 e. The molecule has 1 amide bonds. The van der Waals surface area contributed by atoms with Crippen LogP contribution < -0.4 is 5.32 Å². The van der Waals surface area contributed by atoms with Gasteiger partial charge < -0.3 is 9.88 Å². The number of piperidine rings is 1. The Bertz CT molecular complexity index is 990. The molecular weight excluding hydrogens is 382 g/mol. The van der Waals surface area contributed by atoms with Gasteiger partial charge in [0.05, 0.1) is 6.04 Å². The Morgan fingerprint density at radius 2 is 1.90 bits per heavy atom. The van der Waals surface area contributed by atoms with Crippen LogP contribution in [0.25, 0.3) is 10.9 Å². The lowest BCUT2D eigenvalue weighted by molar-refractivity contribution is -0.127. The van der Waals surface area contributed by atoms with E-state index in [0.29, 0.717) is 0 Å².